The monoisotopic (exact) mass is 387 g/mol. The van der Waals surface area contributed by atoms with Crippen LogP contribution in [0.1, 0.15) is 11.1 Å². The third-order valence-corrected chi connectivity index (χ3v) is 4.70. The van der Waals surface area contributed by atoms with E-state index >= 15 is 0 Å². The molecule has 0 amide bonds. The lowest BCUT2D eigenvalue weighted by Crippen LogP contribution is -2.03. The van der Waals surface area contributed by atoms with Crippen molar-refractivity contribution < 1.29 is 0 Å². The van der Waals surface area contributed by atoms with Gasteiger partial charge >= 0.3 is 0 Å². The lowest BCUT2D eigenvalue weighted by Gasteiger charge is -2.16. The van der Waals surface area contributed by atoms with E-state index in [1.165, 1.54) is 0 Å². The van der Waals surface area contributed by atoms with Gasteiger partial charge in [-0.25, -0.2) is 4.98 Å². The van der Waals surface area contributed by atoms with Crippen molar-refractivity contribution in [2.24, 2.45) is 0 Å². The van der Waals surface area contributed by atoms with Crippen LogP contribution in [0.4, 0.5) is 5.82 Å². The van der Waals surface area contributed by atoms with Crippen molar-refractivity contribution in [2.75, 3.05) is 5.73 Å². The van der Waals surface area contributed by atoms with Crippen molar-refractivity contribution >= 4 is 40.6 Å². The van der Waals surface area contributed by atoms with Gasteiger partial charge in [0.05, 0.1) is 5.69 Å². The summed E-state index contributed by atoms with van der Waals surface area (Å²) in [7, 11) is 0. The molecule has 2 N–H and O–H groups in total. The van der Waals surface area contributed by atoms with Gasteiger partial charge in [0.15, 0.2) is 0 Å². The Bertz CT molecular complexity index is 1010. The highest BCUT2D eigenvalue weighted by Gasteiger charge is 2.20. The van der Waals surface area contributed by atoms with Crippen LogP contribution in [-0.4, -0.2) is 4.98 Å². The van der Waals surface area contributed by atoms with Gasteiger partial charge in [-0.2, -0.15) is 5.26 Å². The summed E-state index contributed by atoms with van der Waals surface area (Å²) >= 11 is 18.3. The Kier molecular flexibility index (Phi) is 4.87. The van der Waals surface area contributed by atoms with Crippen molar-refractivity contribution in [3.05, 3.63) is 68.7 Å². The first-order valence-electron chi connectivity index (χ1n) is 7.34. The van der Waals surface area contributed by atoms with Crippen LogP contribution in [0.15, 0.2) is 42.5 Å². The summed E-state index contributed by atoms with van der Waals surface area (Å²) in [6, 6.07) is 14.5. The summed E-state index contributed by atoms with van der Waals surface area (Å²) in [6.07, 6.45) is 0. The molecule has 2 aromatic carbocycles. The molecule has 0 aliphatic rings. The zero-order chi connectivity index (χ0) is 18.1. The molecule has 0 aliphatic heterocycles. The van der Waals surface area contributed by atoms with Gasteiger partial charge in [-0.1, -0.05) is 53.0 Å². The van der Waals surface area contributed by atoms with Crippen LogP contribution in [0.3, 0.4) is 0 Å². The first kappa shape index (κ1) is 17.6. The number of nitriles is 1. The quantitative estimate of drug-likeness (QED) is 0.573. The Labute approximate surface area is 160 Å². The molecule has 3 aromatic rings. The second-order valence-corrected chi connectivity index (χ2v) is 6.74. The Balaban J connectivity index is 2.34. The highest BCUT2D eigenvalue weighted by atomic mass is 35.5. The van der Waals surface area contributed by atoms with Gasteiger partial charge in [0.1, 0.15) is 17.5 Å². The fourth-order valence-electron chi connectivity index (χ4n) is 2.73. The molecule has 1 heterocycles. The number of aromatic nitrogens is 1. The van der Waals surface area contributed by atoms with Crippen molar-refractivity contribution in [1.29, 1.82) is 5.26 Å². The van der Waals surface area contributed by atoms with Gasteiger partial charge in [-0.05, 0) is 36.8 Å². The molecule has 6 heteroatoms. The Morgan fingerprint density at radius 1 is 1.00 bits per heavy atom. The molecule has 0 atom stereocenters. The van der Waals surface area contributed by atoms with Gasteiger partial charge in [-0.15, -0.1) is 0 Å². The molecule has 0 aliphatic carbocycles. The van der Waals surface area contributed by atoms with E-state index in [0.717, 1.165) is 11.1 Å². The molecule has 0 saturated carbocycles. The zero-order valence-corrected chi connectivity index (χ0v) is 15.4. The number of pyridine rings is 1. The standard InChI is InChI=1S/C19H12Cl3N3/c1-10-17(14-7-6-13(21)8-16(14)22)15(9-23)19(24)25-18(10)11-2-4-12(20)5-3-11/h2-8H,1H3,(H2,24,25). The van der Waals surface area contributed by atoms with Crippen molar-refractivity contribution in [1.82, 2.24) is 4.98 Å². The van der Waals surface area contributed by atoms with E-state index in [-0.39, 0.29) is 5.82 Å². The number of halogens is 3. The highest BCUT2D eigenvalue weighted by Crippen LogP contribution is 2.39. The molecular weight excluding hydrogens is 377 g/mol. The van der Waals surface area contributed by atoms with Gasteiger partial charge in [0.2, 0.25) is 0 Å². The van der Waals surface area contributed by atoms with Gasteiger partial charge < -0.3 is 5.73 Å². The van der Waals surface area contributed by atoms with Crippen LogP contribution in [0.5, 0.6) is 0 Å². The summed E-state index contributed by atoms with van der Waals surface area (Å²) in [5.74, 6) is 0.152. The SMILES string of the molecule is Cc1c(-c2ccc(Cl)cc2)nc(N)c(C#N)c1-c1ccc(Cl)cc1Cl. The molecule has 0 fully saturated rings. The number of nitrogens with zero attached hydrogens (tertiary/aromatic N) is 2. The van der Waals surface area contributed by atoms with Crippen LogP contribution in [0.2, 0.25) is 15.1 Å². The summed E-state index contributed by atoms with van der Waals surface area (Å²) in [5.41, 5.74) is 10.0. The van der Waals surface area contributed by atoms with Gasteiger partial charge in [0.25, 0.3) is 0 Å². The molecule has 0 spiro atoms. The number of nitrogen functional groups attached to an aromatic ring is 1. The minimum absolute atomic E-state index is 0.152. The molecule has 25 heavy (non-hydrogen) atoms. The van der Waals surface area contributed by atoms with E-state index in [4.69, 9.17) is 40.5 Å². The smallest absolute Gasteiger partial charge is 0.142 e. The lowest BCUT2D eigenvalue weighted by atomic mass is 9.93. The number of benzene rings is 2. The number of nitrogens with two attached hydrogens (primary N) is 1. The van der Waals surface area contributed by atoms with E-state index < -0.39 is 0 Å². The van der Waals surface area contributed by atoms with Crippen LogP contribution >= 0.6 is 34.8 Å². The Morgan fingerprint density at radius 3 is 2.24 bits per heavy atom. The molecule has 3 nitrogen and oxygen atoms in total. The molecular formula is C19H12Cl3N3. The minimum Gasteiger partial charge on any atom is -0.383 e. The fourth-order valence-corrected chi connectivity index (χ4v) is 3.35. The second kappa shape index (κ2) is 6.93. The topological polar surface area (TPSA) is 62.7 Å². The first-order chi connectivity index (χ1) is 11.9. The van der Waals surface area contributed by atoms with E-state index in [2.05, 4.69) is 11.1 Å². The van der Waals surface area contributed by atoms with Crippen molar-refractivity contribution in [3.8, 4) is 28.5 Å². The molecule has 3 rings (SSSR count). The van der Waals surface area contributed by atoms with Gasteiger partial charge in [0, 0.05) is 31.8 Å². The Morgan fingerprint density at radius 2 is 1.64 bits per heavy atom. The first-order valence-corrected chi connectivity index (χ1v) is 8.47. The van der Waals surface area contributed by atoms with E-state index in [9.17, 15) is 5.26 Å². The fraction of sp³-hybridized carbons (Fsp3) is 0.0526. The zero-order valence-electron chi connectivity index (χ0n) is 13.1. The molecule has 0 unspecified atom stereocenters. The largest absolute Gasteiger partial charge is 0.383 e. The molecule has 0 saturated heterocycles. The van der Waals surface area contributed by atoms with Crippen LogP contribution in [0.25, 0.3) is 22.4 Å². The van der Waals surface area contributed by atoms with Gasteiger partial charge in [-0.3, -0.25) is 0 Å². The minimum atomic E-state index is 0.152. The number of hydrogen-bond donors (Lipinski definition) is 1. The summed E-state index contributed by atoms with van der Waals surface area (Å²) in [4.78, 5) is 4.42. The third-order valence-electron chi connectivity index (χ3n) is 3.90. The maximum Gasteiger partial charge on any atom is 0.142 e. The number of rotatable bonds is 2. The average Bonchev–Trinajstić information content (AvgIpc) is 2.58. The lowest BCUT2D eigenvalue weighted by molar-refractivity contribution is 1.26. The predicted octanol–water partition coefficient (Wildman–Crippen LogP) is 6.14. The van der Waals surface area contributed by atoms with E-state index in [1.807, 2.05) is 19.1 Å². The molecule has 124 valence electrons. The van der Waals surface area contributed by atoms with Crippen LogP contribution < -0.4 is 5.73 Å². The Hall–Kier alpha value is -2.25. The summed E-state index contributed by atoms with van der Waals surface area (Å²) in [6.45, 7) is 1.89. The maximum atomic E-state index is 9.57. The van der Waals surface area contributed by atoms with E-state index in [0.29, 0.717) is 37.5 Å². The second-order valence-electron chi connectivity index (χ2n) is 5.46. The highest BCUT2D eigenvalue weighted by molar-refractivity contribution is 6.36. The molecule has 0 radical (unpaired) electrons. The van der Waals surface area contributed by atoms with Crippen molar-refractivity contribution in [3.63, 3.8) is 0 Å². The third kappa shape index (κ3) is 3.29. The predicted molar refractivity (Wildman–Crippen MR) is 104 cm³/mol. The molecule has 0 bridgehead atoms. The summed E-state index contributed by atoms with van der Waals surface area (Å²) in [5, 5.41) is 11.2. The summed E-state index contributed by atoms with van der Waals surface area (Å²) < 4.78 is 0. The maximum absolute atomic E-state index is 9.57. The number of anilines is 1. The average molecular weight is 389 g/mol. The molecule has 1 aromatic heterocycles. The van der Waals surface area contributed by atoms with E-state index in [1.54, 1.807) is 30.3 Å². The van der Waals surface area contributed by atoms with Crippen LogP contribution in [-0.2, 0) is 0 Å². The number of hydrogen-bond acceptors (Lipinski definition) is 3. The van der Waals surface area contributed by atoms with Crippen molar-refractivity contribution in [2.45, 2.75) is 6.92 Å². The van der Waals surface area contributed by atoms with Crippen LogP contribution in [0, 0.1) is 18.3 Å². The normalized spacial score (nSPS) is 10.5.